The Hall–Kier alpha value is -0.330. The Kier molecular flexibility index (Phi) is 3.30. The molecule has 0 saturated carbocycles. The Morgan fingerprint density at radius 1 is 1.58 bits per heavy atom. The molecule has 12 heavy (non-hydrogen) atoms. The van der Waals surface area contributed by atoms with Gasteiger partial charge in [0.1, 0.15) is 0 Å². The topological polar surface area (TPSA) is 55.1 Å². The Balaban J connectivity index is 3.05. The first-order valence-corrected chi connectivity index (χ1v) is 4.57. The summed E-state index contributed by atoms with van der Waals surface area (Å²) < 4.78 is 0.829. The molecular formula is C7H6ClIN2O. The van der Waals surface area contributed by atoms with E-state index in [0.29, 0.717) is 10.6 Å². The molecular weight excluding hydrogens is 290 g/mol. The fourth-order valence-corrected chi connectivity index (χ4v) is 1.35. The second kappa shape index (κ2) is 4.06. The van der Waals surface area contributed by atoms with Crippen LogP contribution < -0.4 is 11.3 Å². The van der Waals surface area contributed by atoms with E-state index >= 15 is 0 Å². The van der Waals surface area contributed by atoms with Gasteiger partial charge in [-0.1, -0.05) is 11.6 Å². The number of amides is 1. The summed E-state index contributed by atoms with van der Waals surface area (Å²) in [5.74, 6) is 4.64. The van der Waals surface area contributed by atoms with E-state index in [9.17, 15) is 4.79 Å². The summed E-state index contributed by atoms with van der Waals surface area (Å²) in [5, 5.41) is 0.629. The number of halogens is 2. The van der Waals surface area contributed by atoms with E-state index in [1.807, 2.05) is 28.0 Å². The van der Waals surface area contributed by atoms with Gasteiger partial charge in [0.15, 0.2) is 0 Å². The standard InChI is InChI=1S/C7H6ClIN2O/c8-5-2-1-4(3-6(5)9)7(12)11-10/h1-3H,10H2,(H,11,12). The molecule has 0 radical (unpaired) electrons. The predicted molar refractivity (Wildman–Crippen MR) is 55.8 cm³/mol. The summed E-state index contributed by atoms with van der Waals surface area (Å²) >= 11 is 7.80. The van der Waals surface area contributed by atoms with Gasteiger partial charge in [0, 0.05) is 9.13 Å². The zero-order valence-corrected chi connectivity index (χ0v) is 8.89. The van der Waals surface area contributed by atoms with Crippen LogP contribution in [-0.2, 0) is 0 Å². The fraction of sp³-hybridized carbons (Fsp3) is 0. The van der Waals surface area contributed by atoms with Crippen molar-refractivity contribution in [2.24, 2.45) is 5.84 Å². The monoisotopic (exact) mass is 296 g/mol. The molecule has 0 heterocycles. The smallest absolute Gasteiger partial charge is 0.265 e. The van der Waals surface area contributed by atoms with Crippen molar-refractivity contribution in [1.82, 2.24) is 5.43 Å². The third-order valence-corrected chi connectivity index (χ3v) is 2.85. The highest BCUT2D eigenvalue weighted by Crippen LogP contribution is 2.19. The molecule has 0 aromatic heterocycles. The lowest BCUT2D eigenvalue weighted by atomic mass is 10.2. The third kappa shape index (κ3) is 2.09. The maximum absolute atomic E-state index is 11.0. The number of rotatable bonds is 1. The molecule has 0 fully saturated rings. The second-order valence-electron chi connectivity index (χ2n) is 2.10. The zero-order chi connectivity index (χ0) is 9.14. The molecule has 1 aromatic carbocycles. The van der Waals surface area contributed by atoms with E-state index in [4.69, 9.17) is 17.4 Å². The Morgan fingerprint density at radius 3 is 2.75 bits per heavy atom. The van der Waals surface area contributed by atoms with Crippen LogP contribution in [-0.4, -0.2) is 5.91 Å². The van der Waals surface area contributed by atoms with Crippen LogP contribution in [0.3, 0.4) is 0 Å². The van der Waals surface area contributed by atoms with Gasteiger partial charge >= 0.3 is 0 Å². The van der Waals surface area contributed by atoms with Gasteiger partial charge in [-0.15, -0.1) is 0 Å². The molecule has 0 aliphatic carbocycles. The number of nitrogen functional groups attached to an aromatic ring is 1. The summed E-state index contributed by atoms with van der Waals surface area (Å²) in [5.41, 5.74) is 2.55. The van der Waals surface area contributed by atoms with Gasteiger partial charge in [0.25, 0.3) is 5.91 Å². The van der Waals surface area contributed by atoms with Crippen molar-refractivity contribution in [2.75, 3.05) is 0 Å². The van der Waals surface area contributed by atoms with Crippen LogP contribution in [0.2, 0.25) is 5.02 Å². The number of nitrogens with one attached hydrogen (secondary N) is 1. The molecule has 0 bridgehead atoms. The molecule has 5 heteroatoms. The minimum absolute atomic E-state index is 0.315. The van der Waals surface area contributed by atoms with E-state index in [0.717, 1.165) is 3.57 Å². The SMILES string of the molecule is NNC(=O)c1ccc(Cl)c(I)c1. The highest BCUT2D eigenvalue weighted by atomic mass is 127. The molecule has 3 nitrogen and oxygen atoms in total. The minimum atomic E-state index is -0.315. The molecule has 1 amide bonds. The van der Waals surface area contributed by atoms with Gasteiger partial charge in [-0.3, -0.25) is 10.2 Å². The molecule has 0 atom stereocenters. The van der Waals surface area contributed by atoms with Crippen molar-refractivity contribution in [1.29, 1.82) is 0 Å². The molecule has 64 valence electrons. The highest BCUT2D eigenvalue weighted by Gasteiger charge is 2.04. The van der Waals surface area contributed by atoms with E-state index in [-0.39, 0.29) is 5.91 Å². The number of nitrogens with two attached hydrogens (primary N) is 1. The quantitative estimate of drug-likeness (QED) is 0.357. The fourth-order valence-electron chi connectivity index (χ4n) is 0.721. The summed E-state index contributed by atoms with van der Waals surface area (Å²) in [6.07, 6.45) is 0. The average molecular weight is 296 g/mol. The van der Waals surface area contributed by atoms with Crippen LogP contribution >= 0.6 is 34.2 Å². The largest absolute Gasteiger partial charge is 0.290 e. The van der Waals surface area contributed by atoms with E-state index < -0.39 is 0 Å². The average Bonchev–Trinajstić information content (AvgIpc) is 2.08. The highest BCUT2D eigenvalue weighted by molar-refractivity contribution is 14.1. The minimum Gasteiger partial charge on any atom is -0.290 e. The lowest BCUT2D eigenvalue weighted by Crippen LogP contribution is -2.29. The van der Waals surface area contributed by atoms with Gasteiger partial charge in [-0.25, -0.2) is 5.84 Å². The summed E-state index contributed by atoms with van der Waals surface area (Å²) in [7, 11) is 0. The summed E-state index contributed by atoms with van der Waals surface area (Å²) in [4.78, 5) is 11.0. The Labute approximate surface area is 88.4 Å². The third-order valence-electron chi connectivity index (χ3n) is 1.31. The van der Waals surface area contributed by atoms with Crippen molar-refractivity contribution >= 4 is 40.1 Å². The lowest BCUT2D eigenvalue weighted by molar-refractivity contribution is 0.0953. The molecule has 1 aromatic rings. The number of carbonyl (C=O) groups excluding carboxylic acids is 1. The first kappa shape index (κ1) is 9.76. The first-order valence-electron chi connectivity index (χ1n) is 3.11. The molecule has 0 spiro atoms. The van der Waals surface area contributed by atoms with Crippen LogP contribution in [0.15, 0.2) is 18.2 Å². The van der Waals surface area contributed by atoms with Gasteiger partial charge in [0.2, 0.25) is 0 Å². The number of hydrogen-bond acceptors (Lipinski definition) is 2. The number of hydrazine groups is 1. The van der Waals surface area contributed by atoms with Crippen molar-refractivity contribution in [3.63, 3.8) is 0 Å². The lowest BCUT2D eigenvalue weighted by Gasteiger charge is -2.00. The molecule has 0 aliphatic heterocycles. The van der Waals surface area contributed by atoms with E-state index in [1.165, 1.54) is 0 Å². The van der Waals surface area contributed by atoms with Crippen LogP contribution in [0.4, 0.5) is 0 Å². The van der Waals surface area contributed by atoms with Crippen molar-refractivity contribution in [2.45, 2.75) is 0 Å². The van der Waals surface area contributed by atoms with Gasteiger partial charge < -0.3 is 0 Å². The summed E-state index contributed by atoms with van der Waals surface area (Å²) in [6.45, 7) is 0. The molecule has 0 saturated heterocycles. The molecule has 0 unspecified atom stereocenters. The van der Waals surface area contributed by atoms with Crippen LogP contribution in [0.25, 0.3) is 0 Å². The Bertz CT molecular complexity index is 316. The zero-order valence-electron chi connectivity index (χ0n) is 5.97. The van der Waals surface area contributed by atoms with Crippen molar-refractivity contribution in [3.8, 4) is 0 Å². The number of hydrogen-bond donors (Lipinski definition) is 2. The molecule has 1 rings (SSSR count). The first-order chi connectivity index (χ1) is 5.65. The van der Waals surface area contributed by atoms with Gasteiger partial charge in [0.05, 0.1) is 5.02 Å². The van der Waals surface area contributed by atoms with Crippen LogP contribution in [0.5, 0.6) is 0 Å². The normalized spacial score (nSPS) is 9.58. The van der Waals surface area contributed by atoms with Crippen molar-refractivity contribution < 1.29 is 4.79 Å². The second-order valence-corrected chi connectivity index (χ2v) is 3.67. The van der Waals surface area contributed by atoms with Gasteiger partial charge in [-0.2, -0.15) is 0 Å². The maximum Gasteiger partial charge on any atom is 0.265 e. The molecule has 3 N–H and O–H groups in total. The van der Waals surface area contributed by atoms with E-state index in [1.54, 1.807) is 18.2 Å². The molecule has 0 aliphatic rings. The number of carbonyl (C=O) groups is 1. The van der Waals surface area contributed by atoms with Gasteiger partial charge in [-0.05, 0) is 40.8 Å². The van der Waals surface area contributed by atoms with E-state index in [2.05, 4.69) is 0 Å². The van der Waals surface area contributed by atoms with Crippen molar-refractivity contribution in [3.05, 3.63) is 32.4 Å². The summed E-state index contributed by atoms with van der Waals surface area (Å²) in [6, 6.07) is 4.95. The van der Waals surface area contributed by atoms with Crippen LogP contribution in [0, 0.1) is 3.57 Å². The van der Waals surface area contributed by atoms with Crippen LogP contribution in [0.1, 0.15) is 10.4 Å². The maximum atomic E-state index is 11.0. The Morgan fingerprint density at radius 2 is 2.25 bits per heavy atom. The number of benzene rings is 1. The predicted octanol–water partition coefficient (Wildman–Crippen LogP) is 1.55.